The zero-order chi connectivity index (χ0) is 15.4. The molecule has 21 heavy (non-hydrogen) atoms. The molecule has 0 saturated carbocycles. The summed E-state index contributed by atoms with van der Waals surface area (Å²) < 4.78 is 19.2. The summed E-state index contributed by atoms with van der Waals surface area (Å²) in [5.74, 6) is -0.197. The van der Waals surface area contributed by atoms with Crippen LogP contribution in [0.1, 0.15) is 18.1 Å². The second-order valence-electron chi connectivity index (χ2n) is 4.93. The molecule has 1 N–H and O–H groups in total. The van der Waals surface area contributed by atoms with Gasteiger partial charge >= 0.3 is 0 Å². The van der Waals surface area contributed by atoms with Crippen LogP contribution in [-0.2, 0) is 4.79 Å². The van der Waals surface area contributed by atoms with Gasteiger partial charge in [0.25, 0.3) is 5.91 Å². The molecule has 3 nitrogen and oxygen atoms in total. The second-order valence-corrected chi connectivity index (χ2v) is 4.93. The normalized spacial score (nSPS) is 11.8. The largest absolute Gasteiger partial charge is 0.481 e. The SMILES string of the molecule is Cc1cccc(OC(C)C(=O)Nc2ccccc2F)c1C. The van der Waals surface area contributed by atoms with Crippen molar-refractivity contribution in [3.63, 3.8) is 0 Å². The molecule has 0 bridgehead atoms. The molecule has 0 aliphatic rings. The van der Waals surface area contributed by atoms with Gasteiger partial charge in [-0.25, -0.2) is 4.39 Å². The van der Waals surface area contributed by atoms with E-state index in [0.29, 0.717) is 5.75 Å². The molecule has 2 rings (SSSR count). The van der Waals surface area contributed by atoms with Crippen LogP contribution in [0.3, 0.4) is 0 Å². The van der Waals surface area contributed by atoms with Gasteiger partial charge in [0.1, 0.15) is 11.6 Å². The Morgan fingerprint density at radius 1 is 1.14 bits per heavy atom. The van der Waals surface area contributed by atoms with E-state index >= 15 is 0 Å². The molecule has 0 aliphatic carbocycles. The van der Waals surface area contributed by atoms with E-state index in [1.165, 1.54) is 12.1 Å². The minimum absolute atomic E-state index is 0.152. The molecule has 0 aliphatic heterocycles. The summed E-state index contributed by atoms with van der Waals surface area (Å²) in [6, 6.07) is 11.7. The maximum atomic E-state index is 13.5. The number of hydrogen-bond acceptors (Lipinski definition) is 2. The number of amides is 1. The van der Waals surface area contributed by atoms with Crippen LogP contribution in [0.2, 0.25) is 0 Å². The first-order valence-corrected chi connectivity index (χ1v) is 6.77. The quantitative estimate of drug-likeness (QED) is 0.927. The summed E-state index contributed by atoms with van der Waals surface area (Å²) in [6.45, 7) is 5.55. The molecule has 110 valence electrons. The minimum Gasteiger partial charge on any atom is -0.481 e. The number of benzene rings is 2. The van der Waals surface area contributed by atoms with Gasteiger partial charge in [-0.15, -0.1) is 0 Å². The van der Waals surface area contributed by atoms with Crippen molar-refractivity contribution in [3.8, 4) is 5.75 Å². The number of carbonyl (C=O) groups is 1. The van der Waals surface area contributed by atoms with Crippen LogP contribution in [-0.4, -0.2) is 12.0 Å². The van der Waals surface area contributed by atoms with E-state index in [0.717, 1.165) is 11.1 Å². The number of hydrogen-bond donors (Lipinski definition) is 1. The van der Waals surface area contributed by atoms with Crippen LogP contribution < -0.4 is 10.1 Å². The maximum Gasteiger partial charge on any atom is 0.265 e. The van der Waals surface area contributed by atoms with Gasteiger partial charge in [0, 0.05) is 0 Å². The van der Waals surface area contributed by atoms with Gasteiger partial charge in [-0.05, 0) is 50.1 Å². The van der Waals surface area contributed by atoms with E-state index in [9.17, 15) is 9.18 Å². The molecule has 0 fully saturated rings. The third-order valence-corrected chi connectivity index (χ3v) is 3.36. The van der Waals surface area contributed by atoms with E-state index in [2.05, 4.69) is 5.32 Å². The fourth-order valence-corrected chi connectivity index (χ4v) is 1.89. The third-order valence-electron chi connectivity index (χ3n) is 3.36. The molecular weight excluding hydrogens is 269 g/mol. The van der Waals surface area contributed by atoms with Crippen molar-refractivity contribution in [3.05, 3.63) is 59.4 Å². The summed E-state index contributed by atoms with van der Waals surface area (Å²) >= 11 is 0. The fourth-order valence-electron chi connectivity index (χ4n) is 1.89. The summed E-state index contributed by atoms with van der Waals surface area (Å²) in [6.07, 6.45) is -0.717. The van der Waals surface area contributed by atoms with Gasteiger partial charge in [0.2, 0.25) is 0 Å². The molecule has 0 spiro atoms. The third kappa shape index (κ3) is 3.60. The van der Waals surface area contributed by atoms with E-state index in [1.807, 2.05) is 32.0 Å². The Morgan fingerprint density at radius 3 is 2.57 bits per heavy atom. The fraction of sp³-hybridized carbons (Fsp3) is 0.235. The number of para-hydroxylation sites is 1. The molecule has 1 atom stereocenters. The lowest BCUT2D eigenvalue weighted by Crippen LogP contribution is -2.30. The van der Waals surface area contributed by atoms with Crippen molar-refractivity contribution in [2.75, 3.05) is 5.32 Å². The van der Waals surface area contributed by atoms with Crippen LogP contribution in [0, 0.1) is 19.7 Å². The second kappa shape index (κ2) is 6.39. The Bertz CT molecular complexity index is 655. The highest BCUT2D eigenvalue weighted by Crippen LogP contribution is 2.22. The number of carbonyl (C=O) groups excluding carboxylic acids is 1. The lowest BCUT2D eigenvalue weighted by atomic mass is 10.1. The minimum atomic E-state index is -0.717. The Hall–Kier alpha value is -2.36. The highest BCUT2D eigenvalue weighted by atomic mass is 19.1. The molecule has 0 saturated heterocycles. The molecule has 0 heterocycles. The Morgan fingerprint density at radius 2 is 1.86 bits per heavy atom. The first-order chi connectivity index (χ1) is 9.99. The lowest BCUT2D eigenvalue weighted by molar-refractivity contribution is -0.122. The Balaban J connectivity index is 2.06. The van der Waals surface area contributed by atoms with Gasteiger partial charge in [-0.2, -0.15) is 0 Å². The predicted molar refractivity (Wildman–Crippen MR) is 81.0 cm³/mol. The van der Waals surface area contributed by atoms with Crippen molar-refractivity contribution < 1.29 is 13.9 Å². The van der Waals surface area contributed by atoms with Crippen molar-refractivity contribution in [1.29, 1.82) is 0 Å². The number of aryl methyl sites for hydroxylation is 1. The lowest BCUT2D eigenvalue weighted by Gasteiger charge is -2.17. The summed E-state index contributed by atoms with van der Waals surface area (Å²) in [5, 5.41) is 2.53. The zero-order valence-electron chi connectivity index (χ0n) is 12.3. The summed E-state index contributed by atoms with van der Waals surface area (Å²) in [5.41, 5.74) is 2.23. The van der Waals surface area contributed by atoms with Gasteiger partial charge in [-0.3, -0.25) is 4.79 Å². The van der Waals surface area contributed by atoms with Crippen LogP contribution in [0.25, 0.3) is 0 Å². The van der Waals surface area contributed by atoms with Gasteiger partial charge in [0.15, 0.2) is 6.10 Å². The molecular formula is C17H18FNO2. The average Bonchev–Trinajstić information content (AvgIpc) is 2.46. The van der Waals surface area contributed by atoms with E-state index in [1.54, 1.807) is 19.1 Å². The maximum absolute atomic E-state index is 13.5. The summed E-state index contributed by atoms with van der Waals surface area (Å²) in [4.78, 5) is 12.1. The molecule has 4 heteroatoms. The van der Waals surface area contributed by atoms with Crippen molar-refractivity contribution in [1.82, 2.24) is 0 Å². The molecule has 2 aromatic rings. The summed E-state index contributed by atoms with van der Waals surface area (Å²) in [7, 11) is 0. The van der Waals surface area contributed by atoms with Gasteiger partial charge < -0.3 is 10.1 Å². The molecule has 0 aromatic heterocycles. The smallest absolute Gasteiger partial charge is 0.265 e. The number of ether oxygens (including phenoxy) is 1. The number of anilines is 1. The average molecular weight is 287 g/mol. The van der Waals surface area contributed by atoms with E-state index < -0.39 is 11.9 Å². The molecule has 1 amide bonds. The molecule has 0 radical (unpaired) electrons. The number of nitrogens with one attached hydrogen (secondary N) is 1. The highest BCUT2D eigenvalue weighted by molar-refractivity contribution is 5.94. The topological polar surface area (TPSA) is 38.3 Å². The van der Waals surface area contributed by atoms with Crippen LogP contribution in [0.5, 0.6) is 5.75 Å². The number of halogens is 1. The zero-order valence-corrected chi connectivity index (χ0v) is 12.3. The first-order valence-electron chi connectivity index (χ1n) is 6.77. The Kier molecular flexibility index (Phi) is 4.58. The van der Waals surface area contributed by atoms with Crippen LogP contribution in [0.4, 0.5) is 10.1 Å². The van der Waals surface area contributed by atoms with Gasteiger partial charge in [0.05, 0.1) is 5.69 Å². The van der Waals surface area contributed by atoms with Crippen molar-refractivity contribution in [2.24, 2.45) is 0 Å². The van der Waals surface area contributed by atoms with Crippen molar-refractivity contribution >= 4 is 11.6 Å². The highest BCUT2D eigenvalue weighted by Gasteiger charge is 2.17. The van der Waals surface area contributed by atoms with Gasteiger partial charge in [-0.1, -0.05) is 24.3 Å². The first kappa shape index (κ1) is 15.0. The standard InChI is InChI=1S/C17H18FNO2/c1-11-7-6-10-16(12(11)2)21-13(3)17(20)19-15-9-5-4-8-14(15)18/h4-10,13H,1-3H3,(H,19,20). The van der Waals surface area contributed by atoms with Crippen LogP contribution >= 0.6 is 0 Å². The van der Waals surface area contributed by atoms with E-state index in [4.69, 9.17) is 4.74 Å². The van der Waals surface area contributed by atoms with E-state index in [-0.39, 0.29) is 11.6 Å². The number of rotatable bonds is 4. The molecule has 1 unspecified atom stereocenters. The van der Waals surface area contributed by atoms with Crippen LogP contribution in [0.15, 0.2) is 42.5 Å². The monoisotopic (exact) mass is 287 g/mol. The van der Waals surface area contributed by atoms with Crippen molar-refractivity contribution in [2.45, 2.75) is 26.9 Å². The Labute approximate surface area is 123 Å². The predicted octanol–water partition coefficient (Wildman–Crippen LogP) is 3.85. The molecule has 2 aromatic carbocycles.